The van der Waals surface area contributed by atoms with E-state index in [-0.39, 0.29) is 12.0 Å². The summed E-state index contributed by atoms with van der Waals surface area (Å²) in [6, 6.07) is 14.7. The molecule has 2 heterocycles. The van der Waals surface area contributed by atoms with Crippen molar-refractivity contribution in [2.24, 2.45) is 0 Å². The number of amides is 1. The van der Waals surface area contributed by atoms with Crippen LogP contribution < -0.4 is 9.47 Å². The SMILES string of the molecule is COCCc1noc(-c2ccccc2OC2CN(C(=O)c3cccc(OC)c3)C2)n1. The number of ether oxygens (including phenoxy) is 3. The molecule has 0 spiro atoms. The minimum atomic E-state index is -0.100. The first-order chi connectivity index (χ1) is 14.7. The van der Waals surface area contributed by atoms with Gasteiger partial charge in [0.15, 0.2) is 5.82 Å². The molecule has 1 aromatic heterocycles. The van der Waals surface area contributed by atoms with Crippen molar-refractivity contribution < 1.29 is 23.5 Å². The molecule has 1 aliphatic rings. The fourth-order valence-electron chi connectivity index (χ4n) is 3.20. The molecule has 156 valence electrons. The van der Waals surface area contributed by atoms with Crippen LogP contribution in [0.1, 0.15) is 16.2 Å². The monoisotopic (exact) mass is 409 g/mol. The Morgan fingerprint density at radius 1 is 1.17 bits per heavy atom. The van der Waals surface area contributed by atoms with E-state index in [1.807, 2.05) is 30.3 Å². The zero-order valence-corrected chi connectivity index (χ0v) is 16.9. The second-order valence-electron chi connectivity index (χ2n) is 6.94. The topological polar surface area (TPSA) is 86.9 Å². The molecule has 0 saturated carbocycles. The van der Waals surface area contributed by atoms with Gasteiger partial charge in [-0.15, -0.1) is 0 Å². The van der Waals surface area contributed by atoms with Gasteiger partial charge in [0.1, 0.15) is 17.6 Å². The molecule has 8 heteroatoms. The van der Waals surface area contributed by atoms with E-state index in [9.17, 15) is 4.79 Å². The van der Waals surface area contributed by atoms with Crippen LogP contribution >= 0.6 is 0 Å². The van der Waals surface area contributed by atoms with Crippen molar-refractivity contribution in [3.63, 3.8) is 0 Å². The molecular weight excluding hydrogens is 386 g/mol. The maximum Gasteiger partial charge on any atom is 0.261 e. The third-order valence-corrected chi connectivity index (χ3v) is 4.86. The van der Waals surface area contributed by atoms with Crippen molar-refractivity contribution >= 4 is 5.91 Å². The number of benzene rings is 2. The molecule has 1 fully saturated rings. The summed E-state index contributed by atoms with van der Waals surface area (Å²) in [5, 5.41) is 3.98. The van der Waals surface area contributed by atoms with E-state index in [0.29, 0.717) is 54.9 Å². The number of methoxy groups -OCH3 is 2. The van der Waals surface area contributed by atoms with Crippen molar-refractivity contribution in [3.05, 3.63) is 59.9 Å². The Balaban J connectivity index is 1.39. The number of nitrogens with zero attached hydrogens (tertiary/aromatic N) is 3. The van der Waals surface area contributed by atoms with Crippen molar-refractivity contribution in [1.82, 2.24) is 15.0 Å². The van der Waals surface area contributed by atoms with Crippen molar-refractivity contribution in [2.75, 3.05) is 33.9 Å². The standard InChI is InChI=1S/C22H23N3O5/c1-27-11-10-20-23-21(30-24-20)18-8-3-4-9-19(18)29-17-13-25(14-17)22(26)15-6-5-7-16(12-15)28-2/h3-9,12,17H,10-11,13-14H2,1-2H3. The molecular formula is C22H23N3O5. The number of hydrogen-bond donors (Lipinski definition) is 0. The summed E-state index contributed by atoms with van der Waals surface area (Å²) < 4.78 is 21.7. The number of rotatable bonds is 8. The van der Waals surface area contributed by atoms with Gasteiger partial charge in [-0.05, 0) is 30.3 Å². The van der Waals surface area contributed by atoms with Gasteiger partial charge in [-0.1, -0.05) is 23.4 Å². The van der Waals surface area contributed by atoms with Gasteiger partial charge in [0.25, 0.3) is 11.8 Å². The van der Waals surface area contributed by atoms with Gasteiger partial charge in [0.2, 0.25) is 0 Å². The van der Waals surface area contributed by atoms with Crippen molar-refractivity contribution in [3.8, 4) is 23.0 Å². The predicted octanol–water partition coefficient (Wildman–Crippen LogP) is 2.84. The van der Waals surface area contributed by atoms with Crippen LogP contribution in [-0.2, 0) is 11.2 Å². The third kappa shape index (κ3) is 4.28. The molecule has 0 aliphatic carbocycles. The average Bonchev–Trinajstić information content (AvgIpc) is 3.23. The summed E-state index contributed by atoms with van der Waals surface area (Å²) in [5.74, 6) is 2.26. The Morgan fingerprint density at radius 3 is 2.80 bits per heavy atom. The molecule has 1 amide bonds. The van der Waals surface area contributed by atoms with E-state index in [1.165, 1.54) is 0 Å². The third-order valence-electron chi connectivity index (χ3n) is 4.86. The molecule has 4 rings (SSSR count). The van der Waals surface area contributed by atoms with Crippen LogP contribution in [0, 0.1) is 0 Å². The highest BCUT2D eigenvalue weighted by molar-refractivity contribution is 5.95. The first-order valence-corrected chi connectivity index (χ1v) is 9.69. The number of hydrogen-bond acceptors (Lipinski definition) is 7. The highest BCUT2D eigenvalue weighted by atomic mass is 16.5. The quantitative estimate of drug-likeness (QED) is 0.565. The molecule has 0 atom stereocenters. The molecule has 0 bridgehead atoms. The summed E-state index contributed by atoms with van der Waals surface area (Å²) >= 11 is 0. The van der Waals surface area contributed by atoms with E-state index in [0.717, 1.165) is 5.56 Å². The molecule has 0 unspecified atom stereocenters. The minimum absolute atomic E-state index is 0.0401. The number of aromatic nitrogens is 2. The minimum Gasteiger partial charge on any atom is -0.497 e. The van der Waals surface area contributed by atoms with Crippen LogP contribution in [0.25, 0.3) is 11.5 Å². The Labute approximate surface area is 174 Å². The van der Waals surface area contributed by atoms with Crippen LogP contribution in [0.15, 0.2) is 53.1 Å². The molecule has 3 aromatic rings. The van der Waals surface area contributed by atoms with Crippen molar-refractivity contribution in [1.29, 1.82) is 0 Å². The summed E-state index contributed by atoms with van der Waals surface area (Å²) in [6.45, 7) is 1.54. The molecule has 1 saturated heterocycles. The van der Waals surface area contributed by atoms with Crippen LogP contribution in [0.3, 0.4) is 0 Å². The highest BCUT2D eigenvalue weighted by Gasteiger charge is 2.33. The largest absolute Gasteiger partial charge is 0.497 e. The van der Waals surface area contributed by atoms with Crippen LogP contribution in [0.5, 0.6) is 11.5 Å². The van der Waals surface area contributed by atoms with E-state index >= 15 is 0 Å². The fraction of sp³-hybridized carbons (Fsp3) is 0.318. The van der Waals surface area contributed by atoms with Gasteiger partial charge in [0, 0.05) is 19.1 Å². The van der Waals surface area contributed by atoms with Crippen LogP contribution in [0.2, 0.25) is 0 Å². The summed E-state index contributed by atoms with van der Waals surface area (Å²) in [7, 11) is 3.21. The first-order valence-electron chi connectivity index (χ1n) is 9.69. The molecule has 0 radical (unpaired) electrons. The van der Waals surface area contributed by atoms with E-state index in [2.05, 4.69) is 10.1 Å². The normalized spacial score (nSPS) is 13.7. The Bertz CT molecular complexity index is 1010. The zero-order chi connectivity index (χ0) is 20.9. The number of carbonyl (C=O) groups excluding carboxylic acids is 1. The van der Waals surface area contributed by atoms with E-state index < -0.39 is 0 Å². The number of likely N-dealkylation sites (tertiary alicyclic amines) is 1. The summed E-state index contributed by atoms with van der Waals surface area (Å²) in [5.41, 5.74) is 1.33. The van der Waals surface area contributed by atoms with Gasteiger partial charge in [0.05, 0.1) is 32.4 Å². The lowest BCUT2D eigenvalue weighted by Crippen LogP contribution is -2.56. The fourth-order valence-corrected chi connectivity index (χ4v) is 3.20. The average molecular weight is 409 g/mol. The molecule has 30 heavy (non-hydrogen) atoms. The maximum atomic E-state index is 12.6. The predicted molar refractivity (Wildman–Crippen MR) is 109 cm³/mol. The lowest BCUT2D eigenvalue weighted by Gasteiger charge is -2.39. The van der Waals surface area contributed by atoms with Gasteiger partial charge in [-0.3, -0.25) is 4.79 Å². The maximum absolute atomic E-state index is 12.6. The van der Waals surface area contributed by atoms with E-state index in [4.69, 9.17) is 18.7 Å². The summed E-state index contributed by atoms with van der Waals surface area (Å²) in [4.78, 5) is 18.8. The number of carbonyl (C=O) groups is 1. The van der Waals surface area contributed by atoms with Gasteiger partial charge >= 0.3 is 0 Å². The molecule has 1 aliphatic heterocycles. The smallest absolute Gasteiger partial charge is 0.261 e. The lowest BCUT2D eigenvalue weighted by molar-refractivity contribution is 0.0179. The van der Waals surface area contributed by atoms with E-state index in [1.54, 1.807) is 37.3 Å². The molecule has 0 N–H and O–H groups in total. The Morgan fingerprint density at radius 2 is 2.00 bits per heavy atom. The molecule has 8 nitrogen and oxygen atoms in total. The highest BCUT2D eigenvalue weighted by Crippen LogP contribution is 2.31. The second-order valence-corrected chi connectivity index (χ2v) is 6.94. The van der Waals surface area contributed by atoms with Crippen molar-refractivity contribution in [2.45, 2.75) is 12.5 Å². The molecule has 2 aromatic carbocycles. The van der Waals surface area contributed by atoms with Gasteiger partial charge in [-0.25, -0.2) is 0 Å². The zero-order valence-electron chi connectivity index (χ0n) is 16.9. The second kappa shape index (κ2) is 8.96. The van der Waals surface area contributed by atoms with Crippen LogP contribution in [0.4, 0.5) is 0 Å². The lowest BCUT2D eigenvalue weighted by atomic mass is 10.1. The van der Waals surface area contributed by atoms with Crippen LogP contribution in [-0.4, -0.2) is 61.0 Å². The Hall–Kier alpha value is -3.39. The van der Waals surface area contributed by atoms with Gasteiger partial charge in [-0.2, -0.15) is 4.98 Å². The first kappa shape index (κ1) is 19.9. The Kier molecular flexibility index (Phi) is 5.94. The summed E-state index contributed by atoms with van der Waals surface area (Å²) in [6.07, 6.45) is 0.476. The van der Waals surface area contributed by atoms with Gasteiger partial charge < -0.3 is 23.6 Å². The number of para-hydroxylation sites is 1.